The summed E-state index contributed by atoms with van der Waals surface area (Å²) in [5.41, 5.74) is 0.989. The number of hydrogen-bond donors (Lipinski definition) is 1. The molecule has 3 nitrogen and oxygen atoms in total. The van der Waals surface area contributed by atoms with Gasteiger partial charge in [0.25, 0.3) is 8.32 Å². The van der Waals surface area contributed by atoms with Crippen molar-refractivity contribution in [2.45, 2.75) is 70.2 Å². The normalized spacial score (nSPS) is 14.8. The fourth-order valence-electron chi connectivity index (χ4n) is 4.66. The SMILES string of the molecule is CC(C)(C)S(=O)N[C@@H](Cc1ccccc1)/C(F)=C/CCO[Si](c1ccccc1)(c1ccccc1)C(C)(C)C. The molecule has 0 amide bonds. The van der Waals surface area contributed by atoms with Gasteiger partial charge in [-0.25, -0.2) is 13.3 Å². The highest BCUT2D eigenvalue weighted by Gasteiger charge is 2.49. The maximum atomic E-state index is 15.6. The average Bonchev–Trinajstić information content (AvgIpc) is 2.88. The van der Waals surface area contributed by atoms with Crippen molar-refractivity contribution in [1.29, 1.82) is 0 Å². The molecule has 0 radical (unpaired) electrons. The van der Waals surface area contributed by atoms with E-state index in [0.717, 1.165) is 5.56 Å². The Labute approximate surface area is 232 Å². The summed E-state index contributed by atoms with van der Waals surface area (Å²) >= 11 is 0. The van der Waals surface area contributed by atoms with Gasteiger partial charge in [-0.1, -0.05) is 112 Å². The Morgan fingerprint density at radius 2 is 1.34 bits per heavy atom. The fraction of sp³-hybridized carbons (Fsp3) is 0.375. The molecular weight excluding hydrogens is 510 g/mol. The minimum absolute atomic E-state index is 0.140. The highest BCUT2D eigenvalue weighted by atomic mass is 32.2. The lowest BCUT2D eigenvalue weighted by atomic mass is 10.1. The van der Waals surface area contributed by atoms with Crippen molar-refractivity contribution in [3.05, 3.63) is 108 Å². The molecule has 1 N–H and O–H groups in total. The van der Waals surface area contributed by atoms with Gasteiger partial charge in [0, 0.05) is 6.61 Å². The van der Waals surface area contributed by atoms with E-state index >= 15 is 4.39 Å². The van der Waals surface area contributed by atoms with Crippen LogP contribution in [0.5, 0.6) is 0 Å². The first-order valence-electron chi connectivity index (χ1n) is 13.3. The third-order valence-electron chi connectivity index (χ3n) is 6.61. The molecule has 3 aromatic carbocycles. The molecule has 0 saturated carbocycles. The Morgan fingerprint density at radius 1 is 0.868 bits per heavy atom. The predicted octanol–water partition coefficient (Wildman–Crippen LogP) is 6.47. The van der Waals surface area contributed by atoms with Crippen molar-refractivity contribution >= 4 is 29.7 Å². The summed E-state index contributed by atoms with van der Waals surface area (Å²) in [5.74, 6) is -0.308. The van der Waals surface area contributed by atoms with Gasteiger partial charge in [-0.15, -0.1) is 0 Å². The second kappa shape index (κ2) is 13.1. The van der Waals surface area contributed by atoms with Crippen molar-refractivity contribution in [2.24, 2.45) is 0 Å². The number of hydrogen-bond acceptors (Lipinski definition) is 2. The molecule has 6 heteroatoms. The predicted molar refractivity (Wildman–Crippen MR) is 162 cm³/mol. The summed E-state index contributed by atoms with van der Waals surface area (Å²) in [6.07, 6.45) is 2.43. The van der Waals surface area contributed by atoms with E-state index in [9.17, 15) is 4.21 Å². The average molecular weight is 552 g/mol. The minimum atomic E-state index is -2.68. The van der Waals surface area contributed by atoms with E-state index < -0.39 is 30.1 Å². The van der Waals surface area contributed by atoms with E-state index in [-0.39, 0.29) is 10.9 Å². The van der Waals surface area contributed by atoms with Crippen LogP contribution in [-0.4, -0.2) is 29.9 Å². The lowest BCUT2D eigenvalue weighted by Gasteiger charge is -2.43. The quantitative estimate of drug-likeness (QED) is 0.219. The Bertz CT molecular complexity index is 1150. The van der Waals surface area contributed by atoms with Crippen LogP contribution in [0.4, 0.5) is 4.39 Å². The van der Waals surface area contributed by atoms with Crippen LogP contribution in [0.25, 0.3) is 0 Å². The minimum Gasteiger partial charge on any atom is -0.407 e. The van der Waals surface area contributed by atoms with E-state index in [1.807, 2.05) is 63.2 Å². The molecule has 0 fully saturated rings. The first-order valence-corrected chi connectivity index (χ1v) is 16.3. The van der Waals surface area contributed by atoms with Crippen molar-refractivity contribution in [3.63, 3.8) is 0 Å². The van der Waals surface area contributed by atoms with E-state index in [1.165, 1.54) is 10.4 Å². The molecule has 0 aliphatic rings. The van der Waals surface area contributed by atoms with Gasteiger partial charge in [-0.05, 0) is 60.7 Å². The second-order valence-electron chi connectivity index (χ2n) is 11.6. The number of rotatable bonds is 11. The van der Waals surface area contributed by atoms with Crippen LogP contribution in [0.2, 0.25) is 5.04 Å². The molecule has 0 aromatic heterocycles. The monoisotopic (exact) mass is 551 g/mol. The van der Waals surface area contributed by atoms with Crippen molar-refractivity contribution in [2.75, 3.05) is 6.61 Å². The molecule has 38 heavy (non-hydrogen) atoms. The lowest BCUT2D eigenvalue weighted by molar-refractivity contribution is 0.303. The van der Waals surface area contributed by atoms with Gasteiger partial charge < -0.3 is 4.43 Å². The number of benzene rings is 3. The largest absolute Gasteiger partial charge is 0.407 e. The zero-order valence-electron chi connectivity index (χ0n) is 23.5. The Kier molecular flexibility index (Phi) is 10.4. The summed E-state index contributed by atoms with van der Waals surface area (Å²) in [6, 6.07) is 30.0. The Hall–Kier alpha value is -2.38. The standard InChI is InChI=1S/C32H42FNO2SSi/c1-31(2,3)37(35)34-30(25-26-17-10-7-11-18-26)29(33)23-16-24-36-38(32(4,5)6,27-19-12-8-13-20-27)28-21-14-9-15-22-28/h7-15,17-23,30,34H,16,24-25H2,1-6H3/b29-23-/t30-,37?/m0/s1. The molecule has 0 heterocycles. The summed E-state index contributed by atoms with van der Waals surface area (Å²) < 4.78 is 37.9. The lowest BCUT2D eigenvalue weighted by Crippen LogP contribution is -2.66. The van der Waals surface area contributed by atoms with E-state index in [0.29, 0.717) is 19.4 Å². The van der Waals surface area contributed by atoms with Gasteiger partial charge in [-0.2, -0.15) is 0 Å². The van der Waals surface area contributed by atoms with Crippen LogP contribution in [0, 0.1) is 0 Å². The molecule has 1 unspecified atom stereocenters. The van der Waals surface area contributed by atoms with Crippen LogP contribution < -0.4 is 15.1 Å². The zero-order valence-corrected chi connectivity index (χ0v) is 25.4. The smallest absolute Gasteiger partial charge is 0.261 e. The molecule has 0 bridgehead atoms. The summed E-state index contributed by atoms with van der Waals surface area (Å²) in [4.78, 5) is 0. The molecule has 3 aromatic rings. The Morgan fingerprint density at radius 3 is 1.79 bits per heavy atom. The van der Waals surface area contributed by atoms with Crippen molar-refractivity contribution < 1.29 is 13.0 Å². The Balaban J connectivity index is 1.85. The maximum absolute atomic E-state index is 15.6. The fourth-order valence-corrected chi connectivity index (χ4v) is 10.1. The zero-order chi connectivity index (χ0) is 27.8. The highest BCUT2D eigenvalue weighted by Crippen LogP contribution is 2.36. The molecule has 0 spiro atoms. The van der Waals surface area contributed by atoms with Crippen LogP contribution in [0.3, 0.4) is 0 Å². The summed E-state index contributed by atoms with van der Waals surface area (Å²) in [7, 11) is -4.08. The number of nitrogens with one attached hydrogen (secondary N) is 1. The molecule has 0 saturated heterocycles. The van der Waals surface area contributed by atoms with E-state index in [2.05, 4.69) is 74.0 Å². The van der Waals surface area contributed by atoms with Gasteiger partial charge in [0.15, 0.2) is 0 Å². The third-order valence-corrected chi connectivity index (χ3v) is 13.3. The van der Waals surface area contributed by atoms with Crippen LogP contribution in [0.15, 0.2) is 103 Å². The molecule has 0 aliphatic heterocycles. The molecule has 0 aliphatic carbocycles. The van der Waals surface area contributed by atoms with Gasteiger partial charge >= 0.3 is 0 Å². The molecular formula is C32H42FNO2SSi. The molecule has 204 valence electrons. The van der Waals surface area contributed by atoms with Gasteiger partial charge in [0.1, 0.15) is 5.83 Å². The van der Waals surface area contributed by atoms with Gasteiger partial charge in [0.2, 0.25) is 0 Å². The summed E-state index contributed by atoms with van der Waals surface area (Å²) in [5, 5.41) is 2.26. The van der Waals surface area contributed by atoms with E-state index in [4.69, 9.17) is 4.43 Å². The first kappa shape index (κ1) is 30.2. The van der Waals surface area contributed by atoms with Crippen molar-refractivity contribution in [3.8, 4) is 0 Å². The first-order chi connectivity index (χ1) is 17.9. The summed E-state index contributed by atoms with van der Waals surface area (Å²) in [6.45, 7) is 12.7. The van der Waals surface area contributed by atoms with Crippen LogP contribution in [-0.2, 0) is 21.8 Å². The highest BCUT2D eigenvalue weighted by molar-refractivity contribution is 7.84. The van der Waals surface area contributed by atoms with Crippen molar-refractivity contribution in [1.82, 2.24) is 4.72 Å². The van der Waals surface area contributed by atoms with Crippen LogP contribution >= 0.6 is 0 Å². The molecule has 2 atom stereocenters. The number of halogens is 1. The topological polar surface area (TPSA) is 38.3 Å². The molecule has 3 rings (SSSR count). The van der Waals surface area contributed by atoms with Crippen LogP contribution in [0.1, 0.15) is 53.5 Å². The maximum Gasteiger partial charge on any atom is 0.261 e. The van der Waals surface area contributed by atoms with E-state index in [1.54, 1.807) is 6.08 Å². The third kappa shape index (κ3) is 7.60. The second-order valence-corrected chi connectivity index (χ2v) is 17.9. The van der Waals surface area contributed by atoms with Gasteiger partial charge in [-0.3, -0.25) is 0 Å². The van der Waals surface area contributed by atoms with Gasteiger partial charge in [0.05, 0.1) is 21.8 Å².